The first-order valence-electron chi connectivity index (χ1n) is 13.8. The van der Waals surface area contributed by atoms with Gasteiger partial charge in [0.05, 0.1) is 31.9 Å². The Labute approximate surface area is 258 Å². The van der Waals surface area contributed by atoms with Crippen LogP contribution in [0.5, 0.6) is 17.2 Å². The van der Waals surface area contributed by atoms with Gasteiger partial charge in [-0.05, 0) is 60.9 Å². The normalized spacial score (nSPS) is 16.0. The van der Waals surface area contributed by atoms with E-state index in [4.69, 9.17) is 14.2 Å². The monoisotopic (exact) mass is 617 g/mol. The molecule has 0 saturated carbocycles. The highest BCUT2D eigenvalue weighted by Gasteiger charge is 2.48. The zero-order chi connectivity index (χ0) is 30.3. The van der Waals surface area contributed by atoms with E-state index in [1.807, 2.05) is 44.2 Å². The van der Waals surface area contributed by atoms with Gasteiger partial charge >= 0.3 is 5.91 Å². The molecule has 222 valence electrons. The Balaban J connectivity index is 1.56. The second-order valence-electron chi connectivity index (χ2n) is 9.51. The highest BCUT2D eigenvalue weighted by molar-refractivity contribution is 8.00. The van der Waals surface area contributed by atoms with Gasteiger partial charge in [-0.2, -0.15) is 0 Å². The van der Waals surface area contributed by atoms with E-state index in [1.165, 1.54) is 35.1 Å². The van der Waals surface area contributed by atoms with Crippen molar-refractivity contribution < 1.29 is 28.9 Å². The zero-order valence-electron chi connectivity index (χ0n) is 24.0. The first-order valence-corrected chi connectivity index (χ1v) is 15.6. The highest BCUT2D eigenvalue weighted by atomic mass is 32.2. The summed E-state index contributed by atoms with van der Waals surface area (Å²) >= 11 is 2.70. The average Bonchev–Trinajstić information content (AvgIpc) is 3.61. The molecule has 1 aliphatic rings. The smallest absolute Gasteiger partial charge is 0.301 e. The quantitative estimate of drug-likeness (QED) is 0.0614. The van der Waals surface area contributed by atoms with Crippen molar-refractivity contribution in [1.82, 2.24) is 10.2 Å². The molecule has 2 heterocycles. The number of hydrogen-bond acceptors (Lipinski definition) is 10. The number of nitrogens with zero attached hydrogens (tertiary/aromatic N) is 3. The van der Waals surface area contributed by atoms with Gasteiger partial charge in [-0.1, -0.05) is 66.4 Å². The predicted molar refractivity (Wildman–Crippen MR) is 167 cm³/mol. The summed E-state index contributed by atoms with van der Waals surface area (Å²) in [6, 6.07) is 20.9. The second-order valence-corrected chi connectivity index (χ2v) is 11.7. The van der Waals surface area contributed by atoms with Crippen molar-refractivity contribution in [3.05, 3.63) is 95.1 Å². The minimum Gasteiger partial charge on any atom is -0.507 e. The first-order chi connectivity index (χ1) is 20.9. The summed E-state index contributed by atoms with van der Waals surface area (Å²) in [5.74, 6) is 0.326. The van der Waals surface area contributed by atoms with Crippen LogP contribution in [0.15, 0.2) is 82.7 Å². The van der Waals surface area contributed by atoms with E-state index in [2.05, 4.69) is 10.2 Å². The number of rotatable bonds is 12. The lowest BCUT2D eigenvalue weighted by Gasteiger charge is -2.23. The first kappa shape index (κ1) is 30.1. The van der Waals surface area contributed by atoms with Gasteiger partial charge in [-0.3, -0.25) is 14.5 Å². The van der Waals surface area contributed by atoms with Gasteiger partial charge in [0.25, 0.3) is 5.78 Å². The number of aromatic nitrogens is 2. The summed E-state index contributed by atoms with van der Waals surface area (Å²) in [5.41, 5.74) is 1.98. The van der Waals surface area contributed by atoms with Gasteiger partial charge in [-0.15, -0.1) is 10.2 Å². The topological polar surface area (TPSA) is 111 Å². The molecular weight excluding hydrogens is 587 g/mol. The molecule has 11 heteroatoms. The zero-order valence-corrected chi connectivity index (χ0v) is 25.6. The number of anilines is 1. The van der Waals surface area contributed by atoms with Crippen molar-refractivity contribution in [2.24, 2.45) is 0 Å². The van der Waals surface area contributed by atoms with Crippen molar-refractivity contribution in [2.75, 3.05) is 25.2 Å². The molecule has 5 rings (SSSR count). The molecule has 1 saturated heterocycles. The molecular formula is C32H31N3O6S2. The molecule has 1 amide bonds. The Bertz CT molecular complexity index is 1620. The van der Waals surface area contributed by atoms with E-state index >= 15 is 0 Å². The fourth-order valence-corrected chi connectivity index (χ4v) is 6.46. The molecule has 1 atom stereocenters. The number of Topliss-reactive ketones (excluding diaryl/α,β-unsaturated/α-hetero) is 1. The number of aliphatic hydroxyl groups excluding tert-OH is 1. The summed E-state index contributed by atoms with van der Waals surface area (Å²) in [4.78, 5) is 28.5. The molecule has 1 aliphatic heterocycles. The van der Waals surface area contributed by atoms with Gasteiger partial charge in [-0.25, -0.2) is 0 Å². The number of hydrogen-bond donors (Lipinski definition) is 1. The van der Waals surface area contributed by atoms with Crippen LogP contribution in [-0.4, -0.2) is 47.3 Å². The van der Waals surface area contributed by atoms with E-state index in [9.17, 15) is 14.7 Å². The number of aliphatic hydroxyl groups is 1. The number of thioether (sulfide) groups is 1. The SMILES string of the molecule is CCCOc1ccc(/C(O)=C2\C(=O)C(=O)N(c3nnc(SCc4ccccc4)s3)C2c2ccc(OCC)c(OC)c2)cc1. The minimum absolute atomic E-state index is 0.0628. The summed E-state index contributed by atoms with van der Waals surface area (Å²) in [5, 5.41) is 20.3. The van der Waals surface area contributed by atoms with Gasteiger partial charge in [0.2, 0.25) is 5.13 Å². The Morgan fingerprint density at radius 1 is 0.977 bits per heavy atom. The lowest BCUT2D eigenvalue weighted by atomic mass is 9.95. The Morgan fingerprint density at radius 3 is 2.44 bits per heavy atom. The number of carbonyl (C=O) groups is 2. The van der Waals surface area contributed by atoms with Crippen molar-refractivity contribution in [1.29, 1.82) is 0 Å². The fraction of sp³-hybridized carbons (Fsp3) is 0.250. The maximum atomic E-state index is 13.6. The Kier molecular flexibility index (Phi) is 9.63. The molecule has 0 bridgehead atoms. The second kappa shape index (κ2) is 13.7. The summed E-state index contributed by atoms with van der Waals surface area (Å²) in [7, 11) is 1.52. The number of ether oxygens (including phenoxy) is 3. The van der Waals surface area contributed by atoms with Crippen LogP contribution in [0.2, 0.25) is 0 Å². The van der Waals surface area contributed by atoms with Gasteiger partial charge in [0.1, 0.15) is 11.5 Å². The largest absolute Gasteiger partial charge is 0.507 e. The molecule has 3 aromatic carbocycles. The summed E-state index contributed by atoms with van der Waals surface area (Å²) < 4.78 is 17.5. The van der Waals surface area contributed by atoms with Crippen molar-refractivity contribution in [2.45, 2.75) is 36.4 Å². The molecule has 1 fully saturated rings. The number of methoxy groups -OCH3 is 1. The molecule has 0 radical (unpaired) electrons. The van der Waals surface area contributed by atoms with Crippen LogP contribution in [0.1, 0.15) is 43.0 Å². The maximum absolute atomic E-state index is 13.6. The Morgan fingerprint density at radius 2 is 1.74 bits per heavy atom. The van der Waals surface area contributed by atoms with Gasteiger partial charge < -0.3 is 19.3 Å². The number of benzene rings is 3. The molecule has 0 aliphatic carbocycles. The van der Waals surface area contributed by atoms with E-state index in [1.54, 1.807) is 42.5 Å². The summed E-state index contributed by atoms with van der Waals surface area (Å²) in [6.07, 6.45) is 0.856. The van der Waals surface area contributed by atoms with Gasteiger partial charge in [0, 0.05) is 11.3 Å². The highest BCUT2D eigenvalue weighted by Crippen LogP contribution is 2.45. The molecule has 43 heavy (non-hydrogen) atoms. The maximum Gasteiger partial charge on any atom is 0.301 e. The van der Waals surface area contributed by atoms with Crippen LogP contribution in [0.4, 0.5) is 5.13 Å². The lowest BCUT2D eigenvalue weighted by molar-refractivity contribution is -0.132. The third kappa shape index (κ3) is 6.52. The number of carbonyl (C=O) groups excluding carboxylic acids is 2. The van der Waals surface area contributed by atoms with Crippen molar-refractivity contribution >= 4 is 45.7 Å². The number of amides is 1. The standard InChI is InChI=1S/C32H31N3O6S2/c1-4-17-41-23-14-11-21(12-15-23)28(36)26-27(22-13-16-24(40-5-2)25(18-22)39-3)35(30(38)29(26)37)31-33-34-32(43-31)42-19-20-9-7-6-8-10-20/h6-16,18,27,36H,4-5,17,19H2,1-3H3/b28-26+. The molecule has 1 unspecified atom stereocenters. The molecule has 0 spiro atoms. The molecule has 1 N–H and O–H groups in total. The third-order valence-electron chi connectivity index (χ3n) is 6.66. The molecule has 1 aromatic heterocycles. The predicted octanol–water partition coefficient (Wildman–Crippen LogP) is 6.65. The van der Waals surface area contributed by atoms with Crippen molar-refractivity contribution in [3.8, 4) is 17.2 Å². The van der Waals surface area contributed by atoms with Crippen LogP contribution in [0.3, 0.4) is 0 Å². The molecule has 4 aromatic rings. The van der Waals surface area contributed by atoms with E-state index in [0.717, 1.165) is 12.0 Å². The van der Waals surface area contributed by atoms with Crippen LogP contribution >= 0.6 is 23.1 Å². The number of ketones is 1. The fourth-order valence-electron chi connectivity index (χ4n) is 4.64. The van der Waals surface area contributed by atoms with Gasteiger partial charge in [0.15, 0.2) is 15.8 Å². The van der Waals surface area contributed by atoms with Crippen LogP contribution < -0.4 is 19.1 Å². The van der Waals surface area contributed by atoms with E-state index in [-0.39, 0.29) is 16.5 Å². The van der Waals surface area contributed by atoms with Crippen LogP contribution in [0.25, 0.3) is 5.76 Å². The van der Waals surface area contributed by atoms with Crippen LogP contribution in [-0.2, 0) is 15.3 Å². The van der Waals surface area contributed by atoms with Crippen LogP contribution in [0, 0.1) is 0 Å². The Hall–Kier alpha value is -4.35. The molecule has 9 nitrogen and oxygen atoms in total. The van der Waals surface area contributed by atoms with E-state index < -0.39 is 17.7 Å². The van der Waals surface area contributed by atoms with E-state index in [0.29, 0.717) is 51.7 Å². The van der Waals surface area contributed by atoms with Crippen molar-refractivity contribution in [3.63, 3.8) is 0 Å². The summed E-state index contributed by atoms with van der Waals surface area (Å²) in [6.45, 7) is 4.87. The third-order valence-corrected chi connectivity index (χ3v) is 8.78. The lowest BCUT2D eigenvalue weighted by Crippen LogP contribution is -2.29. The minimum atomic E-state index is -0.986. The average molecular weight is 618 g/mol.